The molecular weight excluding hydrogens is 2060 g/mol. The van der Waals surface area contributed by atoms with Crippen molar-refractivity contribution in [3.63, 3.8) is 0 Å². The maximum atomic E-state index is 14.0. The molecule has 9 aliphatic rings. The number of anilines is 5. The predicted octanol–water partition coefficient (Wildman–Crippen LogP) is -1.37. The van der Waals surface area contributed by atoms with E-state index in [1.165, 1.54) is 89.4 Å². The van der Waals surface area contributed by atoms with Crippen LogP contribution >= 0.6 is 40.3 Å². The molecule has 9 saturated heterocycles. The lowest BCUT2D eigenvalue weighted by atomic mass is 9.94. The summed E-state index contributed by atoms with van der Waals surface area (Å²) in [6.07, 6.45) is -18.2. The van der Waals surface area contributed by atoms with Crippen LogP contribution in [0.1, 0.15) is 88.5 Å². The Bertz CT molecular complexity index is 7090. The molecule has 20 N–H and O–H groups in total. The van der Waals surface area contributed by atoms with Gasteiger partial charge in [0.1, 0.15) is 120 Å². The molecule has 0 radical (unpaired) electrons. The molecule has 9 fully saturated rings. The number of imidazole rings is 4. The molecule has 9 unspecified atom stereocenters. The normalized spacial score (nSPS) is 33.9. The van der Waals surface area contributed by atoms with Crippen LogP contribution in [-0.2, 0) is 168 Å². The summed E-state index contributed by atoms with van der Waals surface area (Å²) in [4.78, 5) is 193. The van der Waals surface area contributed by atoms with E-state index in [1.54, 1.807) is 13.8 Å². The first-order valence-corrected chi connectivity index (χ1v) is 56.6. The monoisotopic (exact) mass is 2150 g/mol. The molecule has 19 rings (SSSR count). The summed E-state index contributed by atoms with van der Waals surface area (Å²) in [6, 6.07) is 0. The molecule has 10 aromatic heterocycles. The summed E-state index contributed by atoms with van der Waals surface area (Å²) in [5.41, 5.74) is 21.0. The molecule has 0 aliphatic carbocycles. The van der Waals surface area contributed by atoms with Crippen molar-refractivity contribution in [3.8, 4) is 0 Å². The van der Waals surface area contributed by atoms with Gasteiger partial charge in [0, 0.05) is 49.9 Å². The van der Waals surface area contributed by atoms with Crippen molar-refractivity contribution in [2.75, 3.05) is 75.4 Å². The molecule has 137 heavy (non-hydrogen) atoms. The maximum Gasteiger partial charge on any atom is 0.351 e. The highest BCUT2D eigenvalue weighted by atomic mass is 32.5. The van der Waals surface area contributed by atoms with Crippen LogP contribution in [0.2, 0.25) is 0 Å². The zero-order valence-electron chi connectivity index (χ0n) is 71.5. The van der Waals surface area contributed by atoms with Crippen molar-refractivity contribution in [2.24, 2.45) is 0 Å². The zero-order valence-corrected chi connectivity index (χ0v) is 81.7. The van der Waals surface area contributed by atoms with Crippen molar-refractivity contribution < 1.29 is 131 Å². The van der Waals surface area contributed by atoms with Crippen LogP contribution < -0.4 is 56.7 Å². The smallest absolute Gasteiger partial charge is 0.351 e. The van der Waals surface area contributed by atoms with Gasteiger partial charge in [0.2, 0.25) is 11.9 Å². The summed E-state index contributed by atoms with van der Waals surface area (Å²) >= 11 is 34.1. The van der Waals surface area contributed by atoms with Crippen LogP contribution in [0, 0.1) is 13.8 Å². The second kappa shape index (κ2) is 36.8. The highest BCUT2D eigenvalue weighted by Crippen LogP contribution is 2.65. The van der Waals surface area contributed by atoms with Crippen molar-refractivity contribution in [3.05, 3.63) is 114 Å². The van der Waals surface area contributed by atoms with Crippen molar-refractivity contribution in [1.82, 2.24) is 97.2 Å². The summed E-state index contributed by atoms with van der Waals surface area (Å²) in [5.74, 6) is -0.598. The van der Waals surface area contributed by atoms with Gasteiger partial charge < -0.3 is 146 Å². The third-order valence-corrected chi connectivity index (χ3v) is 34.2. The second-order valence-electron chi connectivity index (χ2n) is 33.0. The average molecular weight is 2150 g/mol. The van der Waals surface area contributed by atoms with Gasteiger partial charge in [-0.3, -0.25) is 70.3 Å². The van der Waals surface area contributed by atoms with E-state index in [9.17, 15) is 58.4 Å². The highest BCUT2D eigenvalue weighted by molar-refractivity contribution is 8.08. The van der Waals surface area contributed by atoms with Gasteiger partial charge in [-0.1, -0.05) is 0 Å². The Balaban J connectivity index is 0.575. The number of nitrogen functional groups attached to an aromatic ring is 5. The number of hydrogen-bond acceptors (Lipinski definition) is 49. The van der Waals surface area contributed by atoms with E-state index in [0.29, 0.717) is 5.56 Å². The molecule has 742 valence electrons. The van der Waals surface area contributed by atoms with Crippen LogP contribution in [0.5, 0.6) is 0 Å². The first-order chi connectivity index (χ1) is 64.7. The Hall–Kier alpha value is -6.86. The molecule has 30 atom stereocenters. The van der Waals surface area contributed by atoms with E-state index in [-0.39, 0.29) is 98.8 Å². The van der Waals surface area contributed by atoms with Crippen molar-refractivity contribution in [1.29, 1.82) is 0 Å². The zero-order chi connectivity index (χ0) is 97.4. The fraction of sp³-hybridized carbons (Fsp3) is 0.582. The standard InChI is InChI=1S/C67H85N25O33P6S6/c1-24-10-87(63(97)81-48(24)68)58-42-45(65(15-93,117-58)26(3)111-42)123-130(103,136)109-17-67-28(5)113-44(60(119-67)92-23-80-41-54(92)83-62(72)85-57(41)96)47(67)125-131(104,137)110-16-66-27(4)112-43(59(118-66)88-11-25(2)55(94)86-64(88)98)46(66)124-129(102,135)108-14-34-31(9-36(115-34)90-21-78-39-50(70)74-19-76-52(39)90)122-128(101,134)107-13-33-30(8-35(114-33)89-20-77-38-49(69)73-18-75-51(38)89)121-127(100,133)106-12-32-29(120-126(99,132)105-6)7-37(116-32)91-22-79-40-53(91)82-61(71)84-56(40)95/h10-11,18-23,26-37,42-47,58-60,93H,7-9,12-17H2,1-6H3,(H,99,132)(H,100,133)(H,101,134)(H,102,135)(H,103,136)(H,104,137)(H2,68,81,97)(H2,69,73,75)(H2,70,74,76)(H,86,94,98)(H3,71,82,84,95)(H3,72,83,85,96)/t26-,27-,28-,29+,30+,31+,32+,33+,34+,35+,36+,37+,42?,43?,44?,45+,46+,47+,58+,59+,60+,65-,66-,67-,126?,127?,128?,129?,130?,131?/m0/s1. The van der Waals surface area contributed by atoms with Gasteiger partial charge in [0.05, 0.1) is 102 Å². The fourth-order valence-corrected chi connectivity index (χ4v) is 26.3. The van der Waals surface area contributed by atoms with Gasteiger partial charge in [-0.05, 0) is 105 Å². The Labute approximate surface area is 797 Å². The fourth-order valence-electron chi connectivity index (χ4n) is 18.0. The molecule has 19 heterocycles. The number of aryl methyl sites for hydroxylation is 2. The van der Waals surface area contributed by atoms with Gasteiger partial charge in [0.15, 0.2) is 63.9 Å². The number of aromatic nitrogens is 20. The number of nitrogens with one attached hydrogen (secondary N) is 3. The van der Waals surface area contributed by atoms with Crippen LogP contribution in [0.25, 0.3) is 44.7 Å². The number of nitrogens with zero attached hydrogens (tertiary/aromatic N) is 17. The molecular formula is C67H85N25O33P6S6. The summed E-state index contributed by atoms with van der Waals surface area (Å²) < 4.78 is 140. The van der Waals surface area contributed by atoms with Crippen LogP contribution in [0.4, 0.5) is 29.4 Å². The average Bonchev–Trinajstić information content (AvgIpc) is 1.56. The second-order valence-corrected chi connectivity index (χ2v) is 49.9. The summed E-state index contributed by atoms with van der Waals surface area (Å²) in [5, 5.41) is 11.0. The van der Waals surface area contributed by atoms with Gasteiger partial charge in [0.25, 0.3) is 16.7 Å². The van der Waals surface area contributed by atoms with Gasteiger partial charge in [-0.15, -0.1) is 0 Å². The van der Waals surface area contributed by atoms with Crippen LogP contribution in [0.15, 0.2) is 74.3 Å². The number of fused-ring (bicyclic) bond motifs is 10. The summed E-state index contributed by atoms with van der Waals surface area (Å²) in [6.45, 7) is -24.7. The Kier molecular flexibility index (Phi) is 26.5. The number of H-pyrrole nitrogens is 3. The highest BCUT2D eigenvalue weighted by Gasteiger charge is 2.73. The molecule has 9 aliphatic heterocycles. The molecule has 6 bridgehead atoms. The largest absolute Gasteiger partial charge is 0.393 e. The van der Waals surface area contributed by atoms with Crippen LogP contribution in [0.3, 0.4) is 0 Å². The predicted molar refractivity (Wildman–Crippen MR) is 488 cm³/mol. The van der Waals surface area contributed by atoms with E-state index < -0.39 is 254 Å². The molecule has 0 amide bonds. The molecule has 10 aromatic rings. The van der Waals surface area contributed by atoms with Gasteiger partial charge in [-0.2, -0.15) is 15.0 Å². The van der Waals surface area contributed by atoms with Crippen molar-refractivity contribution in [2.45, 2.75) is 200 Å². The number of aliphatic hydroxyl groups excluding tert-OH is 1. The van der Waals surface area contributed by atoms with E-state index in [2.05, 4.69) is 69.8 Å². The molecule has 58 nitrogen and oxygen atoms in total. The Morgan fingerprint density at radius 3 is 1.23 bits per heavy atom. The number of aromatic amines is 3. The number of ether oxygens (including phenoxy) is 9. The first-order valence-electron chi connectivity index (χ1n) is 41.1. The number of aliphatic hydroxyl groups is 1. The molecule has 0 aromatic carbocycles. The quantitative estimate of drug-likeness (QED) is 0.0204. The molecule has 0 saturated carbocycles. The minimum atomic E-state index is -4.95. The topological polar surface area (TPSA) is 770 Å². The van der Waals surface area contributed by atoms with E-state index in [4.69, 9.17) is 196 Å². The number of hydrogen-bond donors (Lipinski definition) is 15. The number of rotatable bonds is 35. The Morgan fingerprint density at radius 2 is 0.788 bits per heavy atom. The lowest BCUT2D eigenvalue weighted by Crippen LogP contribution is -2.52. The lowest BCUT2D eigenvalue weighted by Gasteiger charge is -2.38. The van der Waals surface area contributed by atoms with Gasteiger partial charge >= 0.3 is 51.7 Å². The summed E-state index contributed by atoms with van der Waals surface area (Å²) in [7, 11) is 1.14. The number of nitrogens with two attached hydrogens (primary N) is 5. The first kappa shape index (κ1) is 98.9. The van der Waals surface area contributed by atoms with E-state index >= 15 is 0 Å². The third kappa shape index (κ3) is 18.5. The van der Waals surface area contributed by atoms with E-state index in [0.717, 1.165) is 16.2 Å². The molecule has 70 heteroatoms. The molecule has 0 spiro atoms. The van der Waals surface area contributed by atoms with Crippen LogP contribution in [-0.4, -0.2) is 287 Å². The third-order valence-electron chi connectivity index (χ3n) is 24.8. The Morgan fingerprint density at radius 1 is 0.423 bits per heavy atom. The maximum absolute atomic E-state index is 14.0. The SMILES string of the molecule is COP(O)(=S)O[C@@H]1C[C@H](n2cnc3c(=O)[nH]c(N)nc32)O[C@@H]1COP(O)(=S)O[C@@H]1C[C@H](n2cnc3c(N)ncnc32)O[C@@H]1COP(O)(=S)O[C@@H]1C[C@H](n2cnc3c(N)ncnc32)O[C@@H]1COP(O)(=S)O[C@@H]1C2O[C@@H](C)[C@]1(COP(O)(=S)O[C@@H]1C3O[C@@H](C)[C@]1(COP(O)(=S)O[C@@H]1C4O[C@@H](C)[C@]1(CO)O[C@H]4n1cc(C)c(N)nc1=O)O[C@H]3n1cnc3c(=O)[nH]c(N)nc31)O[C@H]2n1cc(C)c(=O)[nH]c1=O. The minimum Gasteiger partial charge on any atom is -0.393 e. The van der Waals surface area contributed by atoms with E-state index in [1.807, 2.05) is 0 Å². The van der Waals surface area contributed by atoms with Gasteiger partial charge in [-0.25, -0.2) is 49.5 Å². The lowest BCUT2D eigenvalue weighted by molar-refractivity contribution is -0.219. The minimum absolute atomic E-state index is 0.00812. The van der Waals surface area contributed by atoms with Crippen molar-refractivity contribution >= 4 is 185 Å².